The van der Waals surface area contributed by atoms with Gasteiger partial charge in [-0.05, 0) is 141 Å². The van der Waals surface area contributed by atoms with Crippen molar-refractivity contribution in [3.8, 4) is 0 Å². The highest BCUT2D eigenvalue weighted by molar-refractivity contribution is 6.85. The minimum atomic E-state index is -2.01. The summed E-state index contributed by atoms with van der Waals surface area (Å²) in [6.07, 6.45) is 38.1. The quantitative estimate of drug-likeness (QED) is 0.189. The Balaban J connectivity index is 1.70. The molecule has 220 valence electrons. The van der Waals surface area contributed by atoms with Crippen molar-refractivity contribution in [1.29, 1.82) is 0 Å². The Morgan fingerprint density at radius 2 is 0.795 bits per heavy atom. The highest BCUT2D eigenvalue weighted by Crippen LogP contribution is 2.45. The standard InChI is InChI=1S/C36H62OSi2/c1-38(2,3)37-39(4,29-35(31-21-13-5-6-14-22-31)32-23-15-7-8-16-24-32)30-36(33-25-17-9-10-18-26-33)34-27-19-11-12-20-28-34/h21,23,25,27,35-36H,5-20,22,24,26,28-30H2,1-4H3. The second-order valence-corrected chi connectivity index (χ2v) is 23.4. The van der Waals surface area contributed by atoms with Gasteiger partial charge in [-0.2, -0.15) is 0 Å². The normalized spacial score (nSPS) is 22.7. The van der Waals surface area contributed by atoms with Gasteiger partial charge in [-0.25, -0.2) is 0 Å². The maximum Gasteiger partial charge on any atom is 0.178 e. The van der Waals surface area contributed by atoms with Gasteiger partial charge in [0, 0.05) is 11.8 Å². The van der Waals surface area contributed by atoms with Gasteiger partial charge in [0.2, 0.25) is 0 Å². The first-order chi connectivity index (χ1) is 18.8. The molecule has 0 spiro atoms. The molecule has 0 N–H and O–H groups in total. The van der Waals surface area contributed by atoms with E-state index in [-0.39, 0.29) is 0 Å². The van der Waals surface area contributed by atoms with Crippen LogP contribution in [0.15, 0.2) is 46.6 Å². The summed E-state index contributed by atoms with van der Waals surface area (Å²) in [6.45, 7) is 10.1. The zero-order valence-corrected chi connectivity index (χ0v) is 28.4. The summed E-state index contributed by atoms with van der Waals surface area (Å²) in [7, 11) is -3.69. The molecule has 1 nitrogen and oxygen atoms in total. The highest BCUT2D eigenvalue weighted by Gasteiger charge is 2.41. The zero-order valence-electron chi connectivity index (χ0n) is 26.4. The lowest BCUT2D eigenvalue weighted by molar-refractivity contribution is 0.502. The van der Waals surface area contributed by atoms with Crippen LogP contribution in [0.1, 0.15) is 128 Å². The van der Waals surface area contributed by atoms with Crippen molar-refractivity contribution in [3.05, 3.63) is 46.6 Å². The Morgan fingerprint density at radius 1 is 0.487 bits per heavy atom. The average Bonchev–Trinajstić information content (AvgIpc) is 3.49. The van der Waals surface area contributed by atoms with Gasteiger partial charge in [-0.3, -0.25) is 0 Å². The third-order valence-electron chi connectivity index (χ3n) is 9.92. The lowest BCUT2D eigenvalue weighted by Crippen LogP contribution is -2.47. The van der Waals surface area contributed by atoms with Gasteiger partial charge in [0.25, 0.3) is 0 Å². The first-order valence-electron chi connectivity index (χ1n) is 17.3. The molecule has 4 rings (SSSR count). The van der Waals surface area contributed by atoms with Gasteiger partial charge < -0.3 is 4.12 Å². The first kappa shape index (κ1) is 31.3. The predicted octanol–water partition coefficient (Wildman–Crippen LogP) is 12.2. The Kier molecular flexibility index (Phi) is 12.5. The van der Waals surface area contributed by atoms with Crippen LogP contribution < -0.4 is 0 Å². The third-order valence-corrected chi connectivity index (χ3v) is 16.9. The minimum absolute atomic E-state index is 0.654. The Bertz CT molecular complexity index is 768. The van der Waals surface area contributed by atoms with Crippen LogP contribution in [-0.4, -0.2) is 16.6 Å². The monoisotopic (exact) mass is 566 g/mol. The topological polar surface area (TPSA) is 9.23 Å². The van der Waals surface area contributed by atoms with E-state index in [4.69, 9.17) is 4.12 Å². The average molecular weight is 567 g/mol. The highest BCUT2D eigenvalue weighted by atomic mass is 28.4. The molecule has 3 heteroatoms. The predicted molar refractivity (Wildman–Crippen MR) is 177 cm³/mol. The molecule has 0 bridgehead atoms. The van der Waals surface area contributed by atoms with Crippen molar-refractivity contribution >= 4 is 16.6 Å². The molecule has 39 heavy (non-hydrogen) atoms. The maximum atomic E-state index is 7.54. The summed E-state index contributed by atoms with van der Waals surface area (Å²) < 4.78 is 7.54. The van der Waals surface area contributed by atoms with Crippen molar-refractivity contribution in [2.45, 2.75) is 167 Å². The van der Waals surface area contributed by atoms with E-state index < -0.39 is 16.6 Å². The molecule has 4 aliphatic carbocycles. The van der Waals surface area contributed by atoms with E-state index >= 15 is 0 Å². The smallest absolute Gasteiger partial charge is 0.178 e. The second kappa shape index (κ2) is 15.5. The molecule has 0 radical (unpaired) electrons. The van der Waals surface area contributed by atoms with E-state index in [1.165, 1.54) is 141 Å². The fourth-order valence-corrected chi connectivity index (χ4v) is 17.7. The number of rotatable bonds is 10. The lowest BCUT2D eigenvalue weighted by Gasteiger charge is -2.41. The van der Waals surface area contributed by atoms with Crippen LogP contribution in [0.5, 0.6) is 0 Å². The van der Waals surface area contributed by atoms with Gasteiger partial charge in [0.1, 0.15) is 0 Å². The summed E-state index contributed by atoms with van der Waals surface area (Å²) in [5.41, 5.74) is 7.21. The summed E-state index contributed by atoms with van der Waals surface area (Å²) >= 11 is 0. The Morgan fingerprint density at radius 3 is 1.08 bits per heavy atom. The second-order valence-electron chi connectivity index (χ2n) is 14.7. The maximum absolute atomic E-state index is 7.54. The summed E-state index contributed by atoms with van der Waals surface area (Å²) in [4.78, 5) is 0. The minimum Gasteiger partial charge on any atom is -0.455 e. The molecule has 0 aliphatic heterocycles. The van der Waals surface area contributed by atoms with Gasteiger partial charge in [0.15, 0.2) is 16.6 Å². The van der Waals surface area contributed by atoms with E-state index in [9.17, 15) is 0 Å². The van der Waals surface area contributed by atoms with Gasteiger partial charge in [-0.15, -0.1) is 0 Å². The van der Waals surface area contributed by atoms with Crippen LogP contribution in [0.3, 0.4) is 0 Å². The molecule has 0 aromatic heterocycles. The number of allylic oxidation sites excluding steroid dienone is 8. The molecule has 4 aliphatic rings. The first-order valence-corrected chi connectivity index (χ1v) is 23.5. The Labute approximate surface area is 245 Å². The van der Waals surface area contributed by atoms with Crippen LogP contribution in [0.4, 0.5) is 0 Å². The van der Waals surface area contributed by atoms with E-state index in [0.29, 0.717) is 11.8 Å². The van der Waals surface area contributed by atoms with Gasteiger partial charge >= 0.3 is 0 Å². The molecule has 0 atom stereocenters. The van der Waals surface area contributed by atoms with Crippen LogP contribution in [-0.2, 0) is 4.12 Å². The molecule has 0 saturated carbocycles. The van der Waals surface area contributed by atoms with Gasteiger partial charge in [-0.1, -0.05) is 72.3 Å². The van der Waals surface area contributed by atoms with Crippen LogP contribution >= 0.6 is 0 Å². The summed E-state index contributed by atoms with van der Waals surface area (Å²) in [6, 6.07) is 2.65. The van der Waals surface area contributed by atoms with Crippen molar-refractivity contribution < 1.29 is 4.12 Å². The zero-order chi connectivity index (χ0) is 27.6. The largest absolute Gasteiger partial charge is 0.455 e. The van der Waals surface area contributed by atoms with Crippen molar-refractivity contribution in [1.82, 2.24) is 0 Å². The molecular formula is C36H62OSi2. The van der Waals surface area contributed by atoms with Crippen molar-refractivity contribution in [3.63, 3.8) is 0 Å². The fraction of sp³-hybridized carbons (Fsp3) is 0.778. The van der Waals surface area contributed by atoms with Crippen molar-refractivity contribution in [2.24, 2.45) is 11.8 Å². The molecule has 0 aromatic rings. The van der Waals surface area contributed by atoms with Crippen LogP contribution in [0, 0.1) is 11.8 Å². The van der Waals surface area contributed by atoms with Crippen LogP contribution in [0.25, 0.3) is 0 Å². The van der Waals surface area contributed by atoms with E-state index in [0.717, 1.165) is 0 Å². The molecule has 0 heterocycles. The molecule has 0 unspecified atom stereocenters. The SMILES string of the molecule is C[Si](C)(C)O[Si](C)(CC(C1=CCCCCC1)C1=CCCCCC1)CC(C1=CCCCCC1)C1=CCCCCC1. The molecule has 0 aromatic carbocycles. The third kappa shape index (κ3) is 10.3. The number of hydrogen-bond donors (Lipinski definition) is 0. The summed E-state index contributed by atoms with van der Waals surface area (Å²) in [5, 5.41) is 0. The molecule has 0 amide bonds. The summed E-state index contributed by atoms with van der Waals surface area (Å²) in [5.74, 6) is 1.31. The van der Waals surface area contributed by atoms with Crippen molar-refractivity contribution in [2.75, 3.05) is 0 Å². The van der Waals surface area contributed by atoms with E-state index in [1.807, 2.05) is 0 Å². The lowest BCUT2D eigenvalue weighted by atomic mass is 9.86. The van der Waals surface area contributed by atoms with Crippen LogP contribution in [0.2, 0.25) is 38.3 Å². The van der Waals surface area contributed by atoms with E-state index in [2.05, 4.69) is 50.5 Å². The van der Waals surface area contributed by atoms with Gasteiger partial charge in [0.05, 0.1) is 0 Å². The Hall–Kier alpha value is -0.646. The molecule has 0 fully saturated rings. The fourth-order valence-electron chi connectivity index (χ4n) is 8.20. The molecular weight excluding hydrogens is 505 g/mol. The molecule has 0 saturated heterocycles. The van der Waals surface area contributed by atoms with E-state index in [1.54, 1.807) is 22.3 Å². The number of hydrogen-bond acceptors (Lipinski definition) is 1.